The molecule has 1 aliphatic rings. The van der Waals surface area contributed by atoms with E-state index in [1.54, 1.807) is 12.0 Å². The van der Waals surface area contributed by atoms with Crippen molar-refractivity contribution in [1.82, 2.24) is 5.32 Å². The van der Waals surface area contributed by atoms with Crippen molar-refractivity contribution < 1.29 is 9.53 Å². The fraction of sp³-hybridized carbons (Fsp3) is 0.562. The summed E-state index contributed by atoms with van der Waals surface area (Å²) in [5.41, 5.74) is 0.491. The van der Waals surface area contributed by atoms with Crippen molar-refractivity contribution in [3.05, 3.63) is 24.3 Å². The summed E-state index contributed by atoms with van der Waals surface area (Å²) in [7, 11) is 3.48. The van der Waals surface area contributed by atoms with Crippen molar-refractivity contribution in [2.24, 2.45) is 0 Å². The summed E-state index contributed by atoms with van der Waals surface area (Å²) >= 11 is 0. The monoisotopic (exact) mass is 276 g/mol. The third-order valence-electron chi connectivity index (χ3n) is 4.08. The van der Waals surface area contributed by atoms with Gasteiger partial charge in [-0.05, 0) is 37.9 Å². The third kappa shape index (κ3) is 2.80. The van der Waals surface area contributed by atoms with Crippen LogP contribution in [0.4, 0.5) is 5.69 Å². The molecule has 1 aliphatic heterocycles. The Labute approximate surface area is 121 Å². The minimum Gasteiger partial charge on any atom is -0.497 e. The van der Waals surface area contributed by atoms with Crippen molar-refractivity contribution in [1.29, 1.82) is 0 Å². The smallest absolute Gasteiger partial charge is 0.247 e. The quantitative estimate of drug-likeness (QED) is 0.898. The van der Waals surface area contributed by atoms with Gasteiger partial charge < -0.3 is 15.0 Å². The maximum Gasteiger partial charge on any atom is 0.247 e. The SMILES string of the molecule is CCCC1(C(=O)N(C)c2cccc(OC)c2)CCCN1. The zero-order valence-electron chi connectivity index (χ0n) is 12.6. The average Bonchev–Trinajstić information content (AvgIpc) is 2.96. The van der Waals surface area contributed by atoms with Gasteiger partial charge in [0, 0.05) is 18.8 Å². The first-order valence-electron chi connectivity index (χ1n) is 7.30. The number of nitrogens with zero attached hydrogens (tertiary/aromatic N) is 1. The molecule has 2 rings (SSSR count). The van der Waals surface area contributed by atoms with Crippen LogP contribution in [0.2, 0.25) is 0 Å². The lowest BCUT2D eigenvalue weighted by Crippen LogP contribution is -2.54. The lowest BCUT2D eigenvalue weighted by molar-refractivity contribution is -0.124. The van der Waals surface area contributed by atoms with E-state index in [1.807, 2.05) is 31.3 Å². The van der Waals surface area contributed by atoms with Gasteiger partial charge in [-0.2, -0.15) is 0 Å². The Morgan fingerprint density at radius 1 is 1.50 bits per heavy atom. The number of benzene rings is 1. The average molecular weight is 276 g/mol. The molecule has 0 bridgehead atoms. The van der Waals surface area contributed by atoms with Crippen molar-refractivity contribution >= 4 is 11.6 Å². The molecule has 1 fully saturated rings. The Morgan fingerprint density at radius 3 is 2.90 bits per heavy atom. The molecule has 1 saturated heterocycles. The molecule has 4 heteroatoms. The molecular formula is C16H24N2O2. The second kappa shape index (κ2) is 6.27. The highest BCUT2D eigenvalue weighted by molar-refractivity contribution is 6.00. The number of carbonyl (C=O) groups excluding carboxylic acids is 1. The summed E-state index contributed by atoms with van der Waals surface area (Å²) < 4.78 is 5.23. The van der Waals surface area contributed by atoms with Crippen LogP contribution >= 0.6 is 0 Å². The van der Waals surface area contributed by atoms with Crippen LogP contribution in [0.5, 0.6) is 5.75 Å². The van der Waals surface area contributed by atoms with Gasteiger partial charge in [0.2, 0.25) is 5.91 Å². The topological polar surface area (TPSA) is 41.6 Å². The van der Waals surface area contributed by atoms with Crippen LogP contribution in [0, 0.1) is 0 Å². The molecule has 4 nitrogen and oxygen atoms in total. The molecule has 1 amide bonds. The number of nitrogens with one attached hydrogen (secondary N) is 1. The molecule has 0 spiro atoms. The molecule has 1 aromatic carbocycles. The number of carbonyl (C=O) groups is 1. The first kappa shape index (κ1) is 14.9. The Balaban J connectivity index is 2.22. The Bertz CT molecular complexity index is 467. The van der Waals surface area contributed by atoms with Gasteiger partial charge in [0.15, 0.2) is 0 Å². The van der Waals surface area contributed by atoms with Gasteiger partial charge in [-0.3, -0.25) is 4.79 Å². The van der Waals surface area contributed by atoms with E-state index < -0.39 is 0 Å². The molecule has 1 unspecified atom stereocenters. The number of rotatable bonds is 5. The van der Waals surface area contributed by atoms with E-state index in [9.17, 15) is 4.79 Å². The largest absolute Gasteiger partial charge is 0.497 e. The summed E-state index contributed by atoms with van der Waals surface area (Å²) in [5.74, 6) is 0.927. The summed E-state index contributed by atoms with van der Waals surface area (Å²) in [4.78, 5) is 14.6. The number of methoxy groups -OCH3 is 1. The molecule has 0 saturated carbocycles. The minimum absolute atomic E-state index is 0.158. The zero-order valence-corrected chi connectivity index (χ0v) is 12.6. The van der Waals surface area contributed by atoms with Gasteiger partial charge in [-0.1, -0.05) is 19.4 Å². The van der Waals surface area contributed by atoms with Crippen molar-refractivity contribution in [2.75, 3.05) is 25.6 Å². The van der Waals surface area contributed by atoms with Gasteiger partial charge in [0.05, 0.1) is 12.6 Å². The molecular weight excluding hydrogens is 252 g/mol. The van der Waals surface area contributed by atoms with Gasteiger partial charge in [-0.25, -0.2) is 0 Å². The number of hydrogen-bond acceptors (Lipinski definition) is 3. The van der Waals surface area contributed by atoms with Crippen molar-refractivity contribution in [3.8, 4) is 5.75 Å². The summed E-state index contributed by atoms with van der Waals surface area (Å²) in [5, 5.41) is 3.43. The van der Waals surface area contributed by atoms with Crippen molar-refractivity contribution in [3.63, 3.8) is 0 Å². The minimum atomic E-state index is -0.382. The lowest BCUT2D eigenvalue weighted by atomic mass is 9.90. The van der Waals surface area contributed by atoms with E-state index in [0.29, 0.717) is 0 Å². The molecule has 1 N–H and O–H groups in total. The van der Waals surface area contributed by atoms with E-state index in [1.165, 1.54) is 0 Å². The summed E-state index contributed by atoms with van der Waals surface area (Å²) in [6, 6.07) is 7.63. The molecule has 0 aromatic heterocycles. The number of ether oxygens (including phenoxy) is 1. The first-order chi connectivity index (χ1) is 9.63. The number of amides is 1. The van der Waals surface area contributed by atoms with Crippen LogP contribution in [0.3, 0.4) is 0 Å². The van der Waals surface area contributed by atoms with E-state index in [0.717, 1.165) is 43.7 Å². The predicted octanol–water partition coefficient (Wildman–Crippen LogP) is 2.58. The zero-order chi connectivity index (χ0) is 14.6. The highest BCUT2D eigenvalue weighted by atomic mass is 16.5. The van der Waals surface area contributed by atoms with Crippen LogP contribution in [0.25, 0.3) is 0 Å². The normalized spacial score (nSPS) is 21.8. The van der Waals surface area contributed by atoms with Gasteiger partial charge in [0.1, 0.15) is 5.75 Å². The highest BCUT2D eigenvalue weighted by Gasteiger charge is 2.41. The maximum atomic E-state index is 12.9. The fourth-order valence-corrected chi connectivity index (χ4v) is 2.99. The molecule has 1 heterocycles. The summed E-state index contributed by atoms with van der Waals surface area (Å²) in [6.07, 6.45) is 3.89. The Kier molecular flexibility index (Phi) is 4.65. The third-order valence-corrected chi connectivity index (χ3v) is 4.08. The standard InChI is InChI=1S/C16H24N2O2/c1-4-9-16(10-6-11-17-16)15(19)18(2)13-7-5-8-14(12-13)20-3/h5,7-8,12,17H,4,6,9-11H2,1-3H3. The highest BCUT2D eigenvalue weighted by Crippen LogP contribution is 2.29. The molecule has 1 aromatic rings. The second-order valence-electron chi connectivity index (χ2n) is 5.43. The van der Waals surface area contributed by atoms with E-state index in [-0.39, 0.29) is 11.4 Å². The van der Waals surface area contributed by atoms with Crippen LogP contribution in [-0.4, -0.2) is 32.1 Å². The predicted molar refractivity (Wildman–Crippen MR) is 81.3 cm³/mol. The van der Waals surface area contributed by atoms with Gasteiger partial charge in [0.25, 0.3) is 0 Å². The number of anilines is 1. The molecule has 0 aliphatic carbocycles. The molecule has 20 heavy (non-hydrogen) atoms. The van der Waals surface area contributed by atoms with E-state index in [4.69, 9.17) is 4.74 Å². The first-order valence-corrected chi connectivity index (χ1v) is 7.30. The Morgan fingerprint density at radius 2 is 2.30 bits per heavy atom. The van der Waals surface area contributed by atoms with E-state index in [2.05, 4.69) is 12.2 Å². The Hall–Kier alpha value is -1.55. The molecule has 0 radical (unpaired) electrons. The van der Waals surface area contributed by atoms with Crippen LogP contribution < -0.4 is 15.0 Å². The van der Waals surface area contributed by atoms with Crippen LogP contribution in [0.15, 0.2) is 24.3 Å². The number of likely N-dealkylation sites (N-methyl/N-ethyl adjacent to an activating group) is 1. The van der Waals surface area contributed by atoms with Crippen molar-refractivity contribution in [2.45, 2.75) is 38.1 Å². The van der Waals surface area contributed by atoms with Gasteiger partial charge >= 0.3 is 0 Å². The summed E-state index contributed by atoms with van der Waals surface area (Å²) in [6.45, 7) is 3.05. The van der Waals surface area contributed by atoms with Crippen LogP contribution in [0.1, 0.15) is 32.6 Å². The molecule has 110 valence electrons. The number of hydrogen-bond donors (Lipinski definition) is 1. The fourth-order valence-electron chi connectivity index (χ4n) is 2.99. The lowest BCUT2D eigenvalue weighted by Gasteiger charge is -2.32. The van der Waals surface area contributed by atoms with Gasteiger partial charge in [-0.15, -0.1) is 0 Å². The van der Waals surface area contributed by atoms with Crippen LogP contribution in [-0.2, 0) is 4.79 Å². The second-order valence-corrected chi connectivity index (χ2v) is 5.43. The maximum absolute atomic E-state index is 12.9. The molecule has 1 atom stereocenters. The van der Waals surface area contributed by atoms with E-state index >= 15 is 0 Å².